The zero-order valence-electron chi connectivity index (χ0n) is 17.4. The highest BCUT2D eigenvalue weighted by molar-refractivity contribution is 5.90. The Morgan fingerprint density at radius 1 is 1.17 bits per heavy atom. The first-order chi connectivity index (χ1) is 14.6. The SMILES string of the molecule is CC1c2cc3c(cc2C2(CCCC2)CN1C(=O)Nc1cccc(CN)c1)OCCO3. The summed E-state index contributed by atoms with van der Waals surface area (Å²) in [6.07, 6.45) is 4.57. The number of nitrogens with zero attached hydrogens (tertiary/aromatic N) is 1. The van der Waals surface area contributed by atoms with Gasteiger partial charge in [0.25, 0.3) is 0 Å². The number of rotatable bonds is 2. The van der Waals surface area contributed by atoms with Crippen molar-refractivity contribution in [3.05, 3.63) is 53.1 Å². The van der Waals surface area contributed by atoms with Crippen LogP contribution in [-0.2, 0) is 12.0 Å². The molecule has 3 aliphatic rings. The van der Waals surface area contributed by atoms with E-state index in [-0.39, 0.29) is 17.5 Å². The van der Waals surface area contributed by atoms with Gasteiger partial charge in [-0.15, -0.1) is 0 Å². The lowest BCUT2D eigenvalue weighted by atomic mass is 9.71. The number of urea groups is 1. The van der Waals surface area contributed by atoms with Crippen LogP contribution in [0.3, 0.4) is 0 Å². The molecule has 2 aromatic rings. The van der Waals surface area contributed by atoms with Crippen molar-refractivity contribution >= 4 is 11.7 Å². The molecule has 1 fully saturated rings. The predicted octanol–water partition coefficient (Wildman–Crippen LogP) is 4.34. The Bertz CT molecular complexity index is 968. The fourth-order valence-electron chi connectivity index (χ4n) is 5.32. The van der Waals surface area contributed by atoms with Crippen molar-refractivity contribution in [2.75, 3.05) is 25.1 Å². The van der Waals surface area contributed by atoms with Gasteiger partial charge in [0.05, 0.1) is 6.04 Å². The molecule has 1 aliphatic carbocycles. The summed E-state index contributed by atoms with van der Waals surface area (Å²) in [5, 5.41) is 3.09. The maximum atomic E-state index is 13.3. The Morgan fingerprint density at radius 2 is 1.90 bits per heavy atom. The molecule has 30 heavy (non-hydrogen) atoms. The van der Waals surface area contributed by atoms with Crippen LogP contribution in [0.25, 0.3) is 0 Å². The molecular weight excluding hydrogens is 378 g/mol. The molecule has 1 unspecified atom stereocenters. The highest BCUT2D eigenvalue weighted by Gasteiger charge is 2.46. The molecule has 2 aromatic carbocycles. The Hall–Kier alpha value is -2.73. The first-order valence-corrected chi connectivity index (χ1v) is 10.9. The molecule has 1 atom stereocenters. The molecule has 6 nitrogen and oxygen atoms in total. The van der Waals surface area contributed by atoms with Crippen molar-refractivity contribution in [2.45, 2.75) is 50.6 Å². The number of amides is 2. The zero-order chi connectivity index (χ0) is 20.7. The van der Waals surface area contributed by atoms with Gasteiger partial charge >= 0.3 is 6.03 Å². The van der Waals surface area contributed by atoms with Crippen LogP contribution in [0.4, 0.5) is 10.5 Å². The van der Waals surface area contributed by atoms with Crippen LogP contribution < -0.4 is 20.5 Å². The number of carbonyl (C=O) groups excluding carboxylic acids is 1. The normalized spacial score (nSPS) is 21.4. The molecule has 0 aromatic heterocycles. The lowest BCUT2D eigenvalue weighted by Gasteiger charge is -2.46. The molecule has 1 saturated carbocycles. The number of benzene rings is 2. The van der Waals surface area contributed by atoms with Crippen LogP contribution in [0.1, 0.15) is 55.3 Å². The molecule has 158 valence electrons. The Morgan fingerprint density at radius 3 is 2.63 bits per heavy atom. The Kier molecular flexibility index (Phi) is 4.82. The van der Waals surface area contributed by atoms with Crippen molar-refractivity contribution in [3.8, 4) is 11.5 Å². The average Bonchev–Trinajstić information content (AvgIpc) is 3.25. The summed E-state index contributed by atoms with van der Waals surface area (Å²) in [5.74, 6) is 1.63. The summed E-state index contributed by atoms with van der Waals surface area (Å²) in [7, 11) is 0. The molecule has 0 saturated heterocycles. The van der Waals surface area contributed by atoms with Crippen LogP contribution in [0, 0.1) is 0 Å². The van der Waals surface area contributed by atoms with Gasteiger partial charge in [-0.05, 0) is 60.7 Å². The van der Waals surface area contributed by atoms with Gasteiger partial charge < -0.3 is 25.4 Å². The van der Waals surface area contributed by atoms with Gasteiger partial charge in [-0.1, -0.05) is 25.0 Å². The lowest BCUT2D eigenvalue weighted by molar-refractivity contribution is 0.149. The van der Waals surface area contributed by atoms with Crippen LogP contribution in [-0.4, -0.2) is 30.7 Å². The predicted molar refractivity (Wildman–Crippen MR) is 116 cm³/mol. The second kappa shape index (κ2) is 7.51. The second-order valence-corrected chi connectivity index (χ2v) is 8.71. The van der Waals surface area contributed by atoms with Gasteiger partial charge in [0.15, 0.2) is 11.5 Å². The monoisotopic (exact) mass is 407 g/mol. The largest absolute Gasteiger partial charge is 0.486 e. The van der Waals surface area contributed by atoms with Crippen molar-refractivity contribution in [2.24, 2.45) is 5.73 Å². The summed E-state index contributed by atoms with van der Waals surface area (Å²) in [5.41, 5.74) is 10.1. The molecule has 0 bridgehead atoms. The van der Waals surface area contributed by atoms with E-state index in [1.807, 2.05) is 29.2 Å². The molecule has 3 N–H and O–H groups in total. The second-order valence-electron chi connectivity index (χ2n) is 8.71. The number of nitrogens with two attached hydrogens (primary N) is 1. The quantitative estimate of drug-likeness (QED) is 0.777. The van der Waals surface area contributed by atoms with Crippen LogP contribution in [0.15, 0.2) is 36.4 Å². The van der Waals surface area contributed by atoms with Gasteiger partial charge in [0.1, 0.15) is 13.2 Å². The van der Waals surface area contributed by atoms with E-state index in [4.69, 9.17) is 15.2 Å². The topological polar surface area (TPSA) is 76.8 Å². The van der Waals surface area contributed by atoms with Gasteiger partial charge in [0, 0.05) is 24.2 Å². The summed E-state index contributed by atoms with van der Waals surface area (Å²) < 4.78 is 11.7. The highest BCUT2D eigenvalue weighted by atomic mass is 16.6. The fourth-order valence-corrected chi connectivity index (χ4v) is 5.32. The first kappa shape index (κ1) is 19.2. The van der Waals surface area contributed by atoms with E-state index in [1.165, 1.54) is 24.0 Å². The van der Waals surface area contributed by atoms with Crippen molar-refractivity contribution < 1.29 is 14.3 Å². The van der Waals surface area contributed by atoms with Crippen LogP contribution in [0.2, 0.25) is 0 Å². The van der Waals surface area contributed by atoms with Crippen LogP contribution in [0.5, 0.6) is 11.5 Å². The number of hydrogen-bond donors (Lipinski definition) is 2. The maximum absolute atomic E-state index is 13.3. The Labute approximate surface area is 177 Å². The van der Waals surface area contributed by atoms with Crippen molar-refractivity contribution in [3.63, 3.8) is 0 Å². The third-order valence-electron chi connectivity index (χ3n) is 6.91. The molecule has 2 heterocycles. The van der Waals surface area contributed by atoms with E-state index in [0.717, 1.165) is 42.1 Å². The van der Waals surface area contributed by atoms with Gasteiger partial charge in [-0.2, -0.15) is 0 Å². The van der Waals surface area contributed by atoms with E-state index in [1.54, 1.807) is 0 Å². The third-order valence-corrected chi connectivity index (χ3v) is 6.91. The minimum Gasteiger partial charge on any atom is -0.486 e. The van der Waals surface area contributed by atoms with Gasteiger partial charge in [-0.3, -0.25) is 0 Å². The summed E-state index contributed by atoms with van der Waals surface area (Å²) in [6.45, 7) is 4.43. The number of carbonyl (C=O) groups is 1. The summed E-state index contributed by atoms with van der Waals surface area (Å²) in [6, 6.07) is 11.9. The van der Waals surface area contributed by atoms with Gasteiger partial charge in [-0.25, -0.2) is 4.79 Å². The Balaban J connectivity index is 1.49. The fraction of sp³-hybridized carbons (Fsp3) is 0.458. The first-order valence-electron chi connectivity index (χ1n) is 10.9. The number of hydrogen-bond acceptors (Lipinski definition) is 4. The molecule has 1 spiro atoms. The minimum atomic E-state index is -0.0662. The number of fused-ring (bicyclic) bond motifs is 3. The molecule has 2 aliphatic heterocycles. The average molecular weight is 408 g/mol. The van der Waals surface area contributed by atoms with Gasteiger partial charge in [0.2, 0.25) is 0 Å². The molecule has 6 heteroatoms. The number of anilines is 1. The van der Waals surface area contributed by atoms with Crippen molar-refractivity contribution in [1.29, 1.82) is 0 Å². The highest BCUT2D eigenvalue weighted by Crippen LogP contribution is 2.52. The standard InChI is InChI=1S/C24H29N3O3/c1-16-19-12-21-22(30-10-9-29-21)13-20(19)24(7-2-3-8-24)15-27(16)23(28)26-18-6-4-5-17(11-18)14-25/h4-6,11-13,16H,2-3,7-10,14-15,25H2,1H3,(H,26,28). The molecule has 5 rings (SSSR count). The van der Waals surface area contributed by atoms with E-state index in [2.05, 4.69) is 24.4 Å². The summed E-state index contributed by atoms with van der Waals surface area (Å²) in [4.78, 5) is 15.3. The molecule has 2 amide bonds. The van der Waals surface area contributed by atoms with E-state index in [9.17, 15) is 4.79 Å². The summed E-state index contributed by atoms with van der Waals surface area (Å²) >= 11 is 0. The minimum absolute atomic E-state index is 0.00583. The smallest absolute Gasteiger partial charge is 0.322 e. The van der Waals surface area contributed by atoms with E-state index >= 15 is 0 Å². The van der Waals surface area contributed by atoms with Crippen LogP contribution >= 0.6 is 0 Å². The van der Waals surface area contributed by atoms with E-state index < -0.39 is 0 Å². The number of ether oxygens (including phenoxy) is 2. The number of nitrogens with one attached hydrogen (secondary N) is 1. The zero-order valence-corrected chi connectivity index (χ0v) is 17.4. The van der Waals surface area contributed by atoms with Crippen molar-refractivity contribution in [1.82, 2.24) is 4.90 Å². The molecule has 0 radical (unpaired) electrons. The molecular formula is C24H29N3O3. The van der Waals surface area contributed by atoms with E-state index in [0.29, 0.717) is 19.8 Å². The third kappa shape index (κ3) is 3.19. The lowest BCUT2D eigenvalue weighted by Crippen LogP contribution is -2.50. The maximum Gasteiger partial charge on any atom is 0.322 e.